The number of benzene rings is 2. The largest absolute Gasteiger partial charge is 0.490 e. The molecule has 190 valence electrons. The molecule has 0 spiro atoms. The minimum Gasteiger partial charge on any atom is -0.490 e. The maximum absolute atomic E-state index is 13.4. The molecular formula is C25H31Cl2N3O4S. The summed E-state index contributed by atoms with van der Waals surface area (Å²) in [6, 6.07) is 13.5. The van der Waals surface area contributed by atoms with Crippen molar-refractivity contribution < 1.29 is 17.9 Å². The molecule has 4 rings (SSSR count). The van der Waals surface area contributed by atoms with Crippen LogP contribution in [0.5, 0.6) is 5.75 Å². The summed E-state index contributed by atoms with van der Waals surface area (Å²) in [5.41, 5.74) is 2.17. The van der Waals surface area contributed by atoms with E-state index in [0.29, 0.717) is 49.3 Å². The van der Waals surface area contributed by atoms with Crippen molar-refractivity contribution >= 4 is 39.3 Å². The first-order chi connectivity index (χ1) is 16.5. The highest BCUT2D eigenvalue weighted by Crippen LogP contribution is 2.38. The van der Waals surface area contributed by atoms with Crippen molar-refractivity contribution in [3.8, 4) is 5.75 Å². The third-order valence-corrected chi connectivity index (χ3v) is 8.97. The van der Waals surface area contributed by atoms with Gasteiger partial charge in [0.15, 0.2) is 0 Å². The van der Waals surface area contributed by atoms with Crippen LogP contribution in [0, 0.1) is 12.8 Å². The van der Waals surface area contributed by atoms with E-state index in [-0.39, 0.29) is 24.0 Å². The van der Waals surface area contributed by atoms with E-state index in [1.54, 1.807) is 11.0 Å². The Hall–Kier alpha value is -2.00. The van der Waals surface area contributed by atoms with Crippen LogP contribution in [0.15, 0.2) is 42.5 Å². The molecule has 2 aliphatic heterocycles. The number of piperazine rings is 1. The van der Waals surface area contributed by atoms with Crippen LogP contribution in [-0.4, -0.2) is 80.2 Å². The van der Waals surface area contributed by atoms with E-state index in [0.717, 1.165) is 16.9 Å². The molecule has 0 saturated carbocycles. The number of amides is 2. The molecule has 0 radical (unpaired) electrons. The molecule has 2 fully saturated rings. The number of ether oxygens (including phenoxy) is 1. The predicted molar refractivity (Wildman–Crippen MR) is 139 cm³/mol. The van der Waals surface area contributed by atoms with E-state index in [2.05, 4.69) is 0 Å². The summed E-state index contributed by atoms with van der Waals surface area (Å²) in [6.45, 7) is 6.49. The van der Waals surface area contributed by atoms with E-state index in [1.807, 2.05) is 55.1 Å². The standard InChI is InChI=1S/C25H31Cl2N3O4S/c1-17-4-7-20(8-5-17)34-18(2)21-15-29(16-22(21)19-6-9-23(26)24(27)14-19)25(31)28-10-12-30(13-11-28)35(3,32)33/h4-9,14,18,21-22H,10-13,15-16H2,1-3H3. The number of carbonyl (C=O) groups excluding carboxylic acids is 1. The lowest BCUT2D eigenvalue weighted by Gasteiger charge is -2.35. The van der Waals surface area contributed by atoms with Gasteiger partial charge in [0.1, 0.15) is 11.9 Å². The Morgan fingerprint density at radius 1 is 0.971 bits per heavy atom. The zero-order valence-corrected chi connectivity index (χ0v) is 22.5. The van der Waals surface area contributed by atoms with Gasteiger partial charge >= 0.3 is 6.03 Å². The normalized spacial score (nSPS) is 22.3. The van der Waals surface area contributed by atoms with Crippen LogP contribution >= 0.6 is 23.2 Å². The Bertz CT molecular complexity index is 1170. The summed E-state index contributed by atoms with van der Waals surface area (Å²) in [7, 11) is -3.26. The van der Waals surface area contributed by atoms with Crippen molar-refractivity contribution in [2.75, 3.05) is 45.5 Å². The van der Waals surface area contributed by atoms with Crippen LogP contribution < -0.4 is 4.74 Å². The summed E-state index contributed by atoms with van der Waals surface area (Å²) in [5, 5.41) is 0.974. The summed E-state index contributed by atoms with van der Waals surface area (Å²) < 4.78 is 31.4. The van der Waals surface area contributed by atoms with Crippen molar-refractivity contribution in [3.05, 3.63) is 63.6 Å². The van der Waals surface area contributed by atoms with Gasteiger partial charge in [0.05, 0.1) is 16.3 Å². The number of hydrogen-bond acceptors (Lipinski definition) is 4. The SMILES string of the molecule is Cc1ccc(OC(C)C2CN(C(=O)N3CCN(S(C)(=O)=O)CC3)CC2c2ccc(Cl)c(Cl)c2)cc1. The van der Waals surface area contributed by atoms with Crippen LogP contribution in [0.25, 0.3) is 0 Å². The molecule has 3 unspecified atom stereocenters. The molecule has 0 N–H and O–H groups in total. The zero-order chi connectivity index (χ0) is 25.3. The van der Waals surface area contributed by atoms with Crippen LogP contribution in [0.3, 0.4) is 0 Å². The fourth-order valence-electron chi connectivity index (χ4n) is 4.89. The molecule has 0 bridgehead atoms. The van der Waals surface area contributed by atoms with Gasteiger partial charge < -0.3 is 14.5 Å². The first-order valence-electron chi connectivity index (χ1n) is 11.7. The van der Waals surface area contributed by atoms with Crippen molar-refractivity contribution in [1.82, 2.24) is 14.1 Å². The fraction of sp³-hybridized carbons (Fsp3) is 0.480. The number of halogens is 2. The molecule has 2 aromatic carbocycles. The maximum atomic E-state index is 13.4. The minimum absolute atomic E-state index is 0.0199. The maximum Gasteiger partial charge on any atom is 0.320 e. The molecule has 2 amide bonds. The zero-order valence-electron chi connectivity index (χ0n) is 20.2. The number of urea groups is 1. The number of hydrogen-bond donors (Lipinski definition) is 0. The van der Waals surface area contributed by atoms with Crippen LogP contribution in [-0.2, 0) is 10.0 Å². The Kier molecular flexibility index (Phi) is 7.86. The molecule has 0 aliphatic carbocycles. The Labute approximate surface area is 217 Å². The molecule has 35 heavy (non-hydrogen) atoms. The second-order valence-electron chi connectivity index (χ2n) is 9.42. The Balaban J connectivity index is 1.52. The van der Waals surface area contributed by atoms with Crippen molar-refractivity contribution in [2.24, 2.45) is 5.92 Å². The van der Waals surface area contributed by atoms with Crippen molar-refractivity contribution in [1.29, 1.82) is 0 Å². The lowest BCUT2D eigenvalue weighted by atomic mass is 9.85. The molecule has 7 nitrogen and oxygen atoms in total. The lowest BCUT2D eigenvalue weighted by molar-refractivity contribution is 0.129. The first-order valence-corrected chi connectivity index (χ1v) is 14.3. The molecular weight excluding hydrogens is 509 g/mol. The van der Waals surface area contributed by atoms with E-state index < -0.39 is 10.0 Å². The molecule has 2 aromatic rings. The van der Waals surface area contributed by atoms with Crippen molar-refractivity contribution in [3.63, 3.8) is 0 Å². The molecule has 2 heterocycles. The average molecular weight is 541 g/mol. The predicted octanol–water partition coefficient (Wildman–Crippen LogP) is 4.48. The summed E-state index contributed by atoms with van der Waals surface area (Å²) in [5.74, 6) is 0.846. The van der Waals surface area contributed by atoms with Gasteiger partial charge in [-0.05, 0) is 43.7 Å². The molecule has 10 heteroatoms. The molecule has 2 saturated heterocycles. The topological polar surface area (TPSA) is 70.2 Å². The van der Waals surface area contributed by atoms with Gasteiger partial charge in [-0.25, -0.2) is 13.2 Å². The smallest absolute Gasteiger partial charge is 0.320 e. The average Bonchev–Trinajstić information content (AvgIpc) is 3.27. The monoisotopic (exact) mass is 539 g/mol. The van der Waals surface area contributed by atoms with Crippen LogP contribution in [0.2, 0.25) is 10.0 Å². The van der Waals surface area contributed by atoms with Gasteiger partial charge in [-0.15, -0.1) is 0 Å². The second-order valence-corrected chi connectivity index (χ2v) is 12.2. The van der Waals surface area contributed by atoms with E-state index in [1.165, 1.54) is 10.6 Å². The number of aryl methyl sites for hydroxylation is 1. The second kappa shape index (κ2) is 10.5. The molecule has 0 aromatic heterocycles. The highest BCUT2D eigenvalue weighted by atomic mass is 35.5. The van der Waals surface area contributed by atoms with E-state index >= 15 is 0 Å². The quantitative estimate of drug-likeness (QED) is 0.561. The van der Waals surface area contributed by atoms with Gasteiger partial charge in [-0.2, -0.15) is 4.31 Å². The van der Waals surface area contributed by atoms with Gasteiger partial charge in [-0.3, -0.25) is 0 Å². The molecule has 2 aliphatic rings. The highest BCUT2D eigenvalue weighted by Gasteiger charge is 2.42. The van der Waals surface area contributed by atoms with Crippen LogP contribution in [0.4, 0.5) is 4.79 Å². The lowest BCUT2D eigenvalue weighted by Crippen LogP contribution is -2.53. The van der Waals surface area contributed by atoms with Gasteiger partial charge in [0.2, 0.25) is 10.0 Å². The van der Waals surface area contributed by atoms with Crippen molar-refractivity contribution in [2.45, 2.75) is 25.9 Å². The molecule has 3 atom stereocenters. The highest BCUT2D eigenvalue weighted by molar-refractivity contribution is 7.88. The summed E-state index contributed by atoms with van der Waals surface area (Å²) >= 11 is 12.5. The number of carbonyl (C=O) groups is 1. The number of sulfonamides is 1. The first kappa shape index (κ1) is 26.1. The third-order valence-electron chi connectivity index (χ3n) is 6.93. The minimum atomic E-state index is -3.26. The summed E-state index contributed by atoms with van der Waals surface area (Å²) in [4.78, 5) is 17.0. The number of likely N-dealkylation sites (tertiary alicyclic amines) is 1. The Morgan fingerprint density at radius 3 is 2.23 bits per heavy atom. The summed E-state index contributed by atoms with van der Waals surface area (Å²) in [6.07, 6.45) is 1.05. The van der Waals surface area contributed by atoms with E-state index in [9.17, 15) is 13.2 Å². The van der Waals surface area contributed by atoms with Gasteiger partial charge in [0.25, 0.3) is 0 Å². The third kappa shape index (κ3) is 6.05. The number of nitrogens with zero attached hydrogens (tertiary/aromatic N) is 3. The number of rotatable bonds is 5. The van der Waals surface area contributed by atoms with Gasteiger partial charge in [0, 0.05) is 51.1 Å². The Morgan fingerprint density at radius 2 is 1.63 bits per heavy atom. The van der Waals surface area contributed by atoms with Gasteiger partial charge in [-0.1, -0.05) is 47.0 Å². The fourth-order valence-corrected chi connectivity index (χ4v) is 6.02. The van der Waals surface area contributed by atoms with E-state index in [4.69, 9.17) is 27.9 Å². The van der Waals surface area contributed by atoms with Crippen LogP contribution in [0.1, 0.15) is 24.0 Å².